The molecule has 6 heteroatoms. The minimum absolute atomic E-state index is 0.0775. The van der Waals surface area contributed by atoms with Gasteiger partial charge in [0.05, 0.1) is 11.7 Å². The number of Topliss-reactive ketones (excluding diaryl/α,β-unsaturated/α-hetero) is 1. The quantitative estimate of drug-likeness (QED) is 0.672. The zero-order chi connectivity index (χ0) is 11.6. The second-order valence-corrected chi connectivity index (χ2v) is 3.79. The highest BCUT2D eigenvalue weighted by atomic mass is 16.3. The lowest BCUT2D eigenvalue weighted by Crippen LogP contribution is -2.34. The third kappa shape index (κ3) is 3.23. The molecule has 0 bridgehead atoms. The fourth-order valence-electron chi connectivity index (χ4n) is 1.16. The molecular weight excluding hydrogens is 190 g/mol. The first-order valence-electron chi connectivity index (χ1n) is 4.65. The van der Waals surface area contributed by atoms with Crippen molar-refractivity contribution in [2.24, 2.45) is 5.92 Å². The molecule has 1 rings (SSSR count). The lowest BCUT2D eigenvalue weighted by Gasteiger charge is -2.18. The van der Waals surface area contributed by atoms with Gasteiger partial charge in [0.1, 0.15) is 21.5 Å². The van der Waals surface area contributed by atoms with Crippen LogP contribution >= 0.6 is 0 Å². The van der Waals surface area contributed by atoms with Gasteiger partial charge in [-0.2, -0.15) is 5.10 Å². The van der Waals surface area contributed by atoms with Gasteiger partial charge in [0.15, 0.2) is 0 Å². The van der Waals surface area contributed by atoms with Crippen molar-refractivity contribution in [3.05, 3.63) is 18.0 Å². The monoisotopic (exact) mass is 202 g/mol. The van der Waals surface area contributed by atoms with E-state index in [1.807, 2.05) is 6.92 Å². The molecule has 0 aromatic carbocycles. The number of carbonyl (C=O) groups is 1. The molecule has 15 heavy (non-hydrogen) atoms. The second-order valence-electron chi connectivity index (χ2n) is 3.79. The lowest BCUT2D eigenvalue weighted by molar-refractivity contribution is -0.120. The van der Waals surface area contributed by atoms with Crippen LogP contribution in [-0.4, -0.2) is 36.4 Å². The number of aromatic nitrogens is 2. The van der Waals surface area contributed by atoms with Crippen LogP contribution in [0.1, 0.15) is 19.4 Å². The van der Waals surface area contributed by atoms with Crippen LogP contribution in [0.5, 0.6) is 0 Å². The standard InChI is InChI=1S/C9H12B2N2O2/c1-6(7(2)14)3-8-4-12-13(5-8)9(10,11)15/h4-6,15H,3H2,1-2H3/t6-/m1/s1. The van der Waals surface area contributed by atoms with Crippen molar-refractivity contribution in [2.45, 2.75) is 25.8 Å². The van der Waals surface area contributed by atoms with Gasteiger partial charge in [-0.25, -0.2) is 0 Å². The first-order chi connectivity index (χ1) is 6.80. The fraction of sp³-hybridized carbons (Fsp3) is 0.556. The van der Waals surface area contributed by atoms with E-state index in [0.29, 0.717) is 6.42 Å². The summed E-state index contributed by atoms with van der Waals surface area (Å²) < 4.78 is 1.05. The third-order valence-corrected chi connectivity index (χ3v) is 2.24. The summed E-state index contributed by atoms with van der Waals surface area (Å²) in [5, 5.41) is 13.0. The number of aliphatic hydroxyl groups is 1. The molecule has 0 amide bonds. The summed E-state index contributed by atoms with van der Waals surface area (Å²) in [5.74, 6) is 0.0322. The molecule has 0 aliphatic rings. The van der Waals surface area contributed by atoms with Crippen LogP contribution in [0.25, 0.3) is 0 Å². The summed E-state index contributed by atoms with van der Waals surface area (Å²) in [7, 11) is 10.5. The Balaban J connectivity index is 2.73. The van der Waals surface area contributed by atoms with E-state index in [0.717, 1.165) is 10.2 Å². The van der Waals surface area contributed by atoms with Crippen molar-refractivity contribution in [1.82, 2.24) is 9.78 Å². The largest absolute Gasteiger partial charge is 0.388 e. The average Bonchev–Trinajstić information content (AvgIpc) is 2.51. The molecule has 1 N–H and O–H groups in total. The van der Waals surface area contributed by atoms with Gasteiger partial charge in [-0.1, -0.05) is 6.92 Å². The van der Waals surface area contributed by atoms with Crippen molar-refractivity contribution >= 4 is 21.5 Å². The lowest BCUT2D eigenvalue weighted by atomic mass is 9.73. The van der Waals surface area contributed by atoms with E-state index >= 15 is 0 Å². The first kappa shape index (κ1) is 12.0. The highest BCUT2D eigenvalue weighted by Crippen LogP contribution is 2.10. The maximum atomic E-state index is 11.0. The molecule has 1 atom stereocenters. The molecule has 0 saturated heterocycles. The first-order valence-corrected chi connectivity index (χ1v) is 4.65. The van der Waals surface area contributed by atoms with Gasteiger partial charge >= 0.3 is 0 Å². The summed E-state index contributed by atoms with van der Waals surface area (Å²) >= 11 is 0. The Kier molecular flexibility index (Phi) is 3.39. The summed E-state index contributed by atoms with van der Waals surface area (Å²) in [6.07, 6.45) is 3.62. The normalized spacial score (nSPS) is 13.8. The van der Waals surface area contributed by atoms with E-state index in [1.165, 1.54) is 19.3 Å². The van der Waals surface area contributed by atoms with Gasteiger partial charge in [-0.05, 0) is 18.9 Å². The van der Waals surface area contributed by atoms with E-state index in [-0.39, 0.29) is 11.7 Å². The van der Waals surface area contributed by atoms with Gasteiger partial charge in [-0.3, -0.25) is 9.48 Å². The van der Waals surface area contributed by atoms with Crippen molar-refractivity contribution in [3.8, 4) is 0 Å². The van der Waals surface area contributed by atoms with Gasteiger partial charge in [-0.15, -0.1) is 0 Å². The Bertz CT molecular complexity index is 357. The molecule has 0 spiro atoms. The van der Waals surface area contributed by atoms with E-state index in [4.69, 9.17) is 15.7 Å². The second kappa shape index (κ2) is 4.23. The number of ketones is 1. The smallest absolute Gasteiger partial charge is 0.132 e. The van der Waals surface area contributed by atoms with Crippen LogP contribution in [0.15, 0.2) is 12.4 Å². The molecular formula is C9H12B2N2O2. The van der Waals surface area contributed by atoms with Crippen molar-refractivity contribution < 1.29 is 9.90 Å². The molecule has 0 fully saturated rings. The molecule has 4 nitrogen and oxygen atoms in total. The van der Waals surface area contributed by atoms with E-state index in [1.54, 1.807) is 0 Å². The SMILES string of the molecule is [B]C([B])(O)n1cc(C[C@@H](C)C(C)=O)cn1. The molecule has 1 heterocycles. The van der Waals surface area contributed by atoms with Crippen molar-refractivity contribution in [2.75, 3.05) is 0 Å². The molecule has 4 radical (unpaired) electrons. The van der Waals surface area contributed by atoms with Crippen LogP contribution in [0.3, 0.4) is 0 Å². The predicted molar refractivity (Wildman–Crippen MR) is 57.5 cm³/mol. The summed E-state index contributed by atoms with van der Waals surface area (Å²) in [4.78, 5) is 11.0. The Labute approximate surface area is 91.5 Å². The van der Waals surface area contributed by atoms with Crippen molar-refractivity contribution in [1.29, 1.82) is 0 Å². The van der Waals surface area contributed by atoms with E-state index < -0.39 is 5.52 Å². The summed E-state index contributed by atoms with van der Waals surface area (Å²) in [6.45, 7) is 3.37. The molecule has 76 valence electrons. The minimum atomic E-state index is -1.99. The zero-order valence-electron chi connectivity index (χ0n) is 8.84. The van der Waals surface area contributed by atoms with E-state index in [9.17, 15) is 9.90 Å². The van der Waals surface area contributed by atoms with E-state index in [2.05, 4.69) is 5.10 Å². The summed E-state index contributed by atoms with van der Waals surface area (Å²) in [6, 6.07) is 0. The third-order valence-electron chi connectivity index (χ3n) is 2.24. The van der Waals surface area contributed by atoms with Crippen LogP contribution in [0.4, 0.5) is 0 Å². The number of hydrogen-bond donors (Lipinski definition) is 1. The molecule has 0 aliphatic heterocycles. The Morgan fingerprint density at radius 3 is 2.73 bits per heavy atom. The minimum Gasteiger partial charge on any atom is -0.388 e. The highest BCUT2D eigenvalue weighted by molar-refractivity contribution is 6.36. The molecule has 1 aromatic rings. The average molecular weight is 202 g/mol. The molecule has 0 aliphatic carbocycles. The van der Waals surface area contributed by atoms with Crippen LogP contribution in [0.2, 0.25) is 0 Å². The van der Waals surface area contributed by atoms with Gasteiger partial charge in [0.25, 0.3) is 0 Å². The molecule has 1 aromatic heterocycles. The van der Waals surface area contributed by atoms with Gasteiger partial charge in [0.2, 0.25) is 0 Å². The van der Waals surface area contributed by atoms with Crippen molar-refractivity contribution in [3.63, 3.8) is 0 Å². The Hall–Kier alpha value is -1.03. The number of rotatable bonds is 4. The number of carbonyl (C=O) groups excluding carboxylic acids is 1. The predicted octanol–water partition coefficient (Wildman–Crippen LogP) is -0.452. The maximum absolute atomic E-state index is 11.0. The topological polar surface area (TPSA) is 55.1 Å². The van der Waals surface area contributed by atoms with Crippen LogP contribution < -0.4 is 0 Å². The maximum Gasteiger partial charge on any atom is 0.132 e. The number of nitrogens with zero attached hydrogens (tertiary/aromatic N) is 2. The molecule has 0 unspecified atom stereocenters. The van der Waals surface area contributed by atoms with Gasteiger partial charge < -0.3 is 5.11 Å². The number of hydrogen-bond acceptors (Lipinski definition) is 3. The fourth-order valence-corrected chi connectivity index (χ4v) is 1.16. The Morgan fingerprint density at radius 2 is 2.33 bits per heavy atom. The van der Waals surface area contributed by atoms with Crippen LogP contribution in [0, 0.1) is 5.92 Å². The molecule has 0 saturated carbocycles. The highest BCUT2D eigenvalue weighted by Gasteiger charge is 2.16. The van der Waals surface area contributed by atoms with Gasteiger partial charge in [0, 0.05) is 12.1 Å². The zero-order valence-corrected chi connectivity index (χ0v) is 8.84. The Morgan fingerprint density at radius 1 is 1.73 bits per heavy atom. The summed E-state index contributed by atoms with van der Waals surface area (Å²) in [5.41, 5.74) is -1.18. The van der Waals surface area contributed by atoms with Crippen LogP contribution in [-0.2, 0) is 16.7 Å².